The van der Waals surface area contributed by atoms with Crippen LogP contribution in [0.5, 0.6) is 0 Å². The van der Waals surface area contributed by atoms with Crippen LogP contribution in [0, 0.1) is 0 Å². The lowest BCUT2D eigenvalue weighted by Gasteiger charge is -1.88. The number of unbranched alkanes of at least 4 members (excludes halogenated alkanes) is 1. The average Bonchev–Trinajstić information content (AvgIpc) is 2.01. The summed E-state index contributed by atoms with van der Waals surface area (Å²) in [5.41, 5.74) is 0. The first-order valence-electron chi connectivity index (χ1n) is 4.48. The fourth-order valence-corrected chi connectivity index (χ4v) is 0. The maximum Gasteiger partial charge on any atom is 0.319 e. The highest BCUT2D eigenvalue weighted by atomic mass is 35.5. The Bertz CT molecular complexity index is 168. The molecular formula is C6H23ClO6P2S2. The summed E-state index contributed by atoms with van der Waals surface area (Å²) in [4.78, 5) is 45.3. The molecule has 0 rings (SSSR count). The normalized spacial score (nSPS) is 9.06. The Hall–Kier alpha value is 1.35. The molecule has 17 heavy (non-hydrogen) atoms. The van der Waals surface area contributed by atoms with E-state index in [-0.39, 0.29) is 12.4 Å². The number of halogens is 1. The van der Waals surface area contributed by atoms with Crippen molar-refractivity contribution in [2.75, 3.05) is 0 Å². The average molecular weight is 353 g/mol. The maximum atomic E-state index is 7.56. The summed E-state index contributed by atoms with van der Waals surface area (Å²) >= 11 is 7.21. The van der Waals surface area contributed by atoms with Crippen LogP contribution in [0.15, 0.2) is 0 Å². The quantitative estimate of drug-likeness (QED) is 0.394. The molecule has 0 saturated heterocycles. The van der Waals surface area contributed by atoms with Gasteiger partial charge < -0.3 is 29.4 Å². The molecule has 0 bridgehead atoms. The lowest BCUT2D eigenvalue weighted by atomic mass is 10.4. The largest absolute Gasteiger partial charge is 0.325 e. The van der Waals surface area contributed by atoms with Gasteiger partial charge in [-0.15, -0.1) is 12.4 Å². The van der Waals surface area contributed by atoms with Gasteiger partial charge in [-0.05, 0) is 23.6 Å². The zero-order valence-electron chi connectivity index (χ0n) is 10.2. The second-order valence-corrected chi connectivity index (χ2v) is 7.02. The van der Waals surface area contributed by atoms with Crippen molar-refractivity contribution >= 4 is 49.5 Å². The van der Waals surface area contributed by atoms with Crippen LogP contribution >= 0.6 is 25.8 Å². The van der Waals surface area contributed by atoms with Gasteiger partial charge in [-0.1, -0.05) is 40.5 Å². The van der Waals surface area contributed by atoms with Crippen molar-refractivity contribution in [3.63, 3.8) is 0 Å². The minimum atomic E-state index is -3.81. The molecule has 0 aromatic heterocycles. The predicted octanol–water partition coefficient (Wildman–Crippen LogP) is 1.63. The Balaban J connectivity index is -0.0000000386. The van der Waals surface area contributed by atoms with Gasteiger partial charge in [0.25, 0.3) is 0 Å². The van der Waals surface area contributed by atoms with Crippen molar-refractivity contribution in [2.24, 2.45) is 0 Å². The van der Waals surface area contributed by atoms with E-state index in [4.69, 9.17) is 29.4 Å². The number of hydrogen-bond acceptors (Lipinski definition) is 2. The summed E-state index contributed by atoms with van der Waals surface area (Å²) in [6, 6.07) is 0. The van der Waals surface area contributed by atoms with Crippen LogP contribution in [-0.4, -0.2) is 29.4 Å². The summed E-state index contributed by atoms with van der Waals surface area (Å²) in [6.07, 6.45) is 2.64. The van der Waals surface area contributed by atoms with Gasteiger partial charge in [0.15, 0.2) is 0 Å². The van der Waals surface area contributed by atoms with Gasteiger partial charge in [-0.25, -0.2) is 0 Å². The predicted molar refractivity (Wildman–Crippen MR) is 81.1 cm³/mol. The first kappa shape index (κ1) is 31.0. The molecule has 0 aromatic carbocycles. The number of hydrogen-bond donors (Lipinski definition) is 6. The second kappa shape index (κ2) is 19.7. The van der Waals surface area contributed by atoms with E-state index in [1.54, 1.807) is 0 Å². The highest BCUT2D eigenvalue weighted by molar-refractivity contribution is 8.06. The van der Waals surface area contributed by atoms with Crippen LogP contribution in [0.3, 0.4) is 0 Å². The second-order valence-electron chi connectivity index (χ2n) is 2.03. The van der Waals surface area contributed by atoms with Gasteiger partial charge in [0, 0.05) is 0 Å². The van der Waals surface area contributed by atoms with Crippen LogP contribution < -0.4 is 0 Å². The topological polar surface area (TPSA) is 121 Å². The smallest absolute Gasteiger partial charge is 0.319 e. The van der Waals surface area contributed by atoms with E-state index in [0.717, 1.165) is 0 Å². The van der Waals surface area contributed by atoms with E-state index in [9.17, 15) is 0 Å². The van der Waals surface area contributed by atoms with Crippen LogP contribution in [0.4, 0.5) is 0 Å². The molecule has 11 heteroatoms. The van der Waals surface area contributed by atoms with Gasteiger partial charge in [0.1, 0.15) is 0 Å². The lowest BCUT2D eigenvalue weighted by Crippen LogP contribution is -1.65. The molecule has 0 spiro atoms. The Kier molecular flexibility index (Phi) is 35.9. The minimum Gasteiger partial charge on any atom is -0.325 e. The van der Waals surface area contributed by atoms with Crippen molar-refractivity contribution in [2.45, 2.75) is 40.5 Å². The molecule has 0 fully saturated rings. The van der Waals surface area contributed by atoms with Crippen molar-refractivity contribution in [3.8, 4) is 0 Å². The van der Waals surface area contributed by atoms with E-state index in [1.165, 1.54) is 12.8 Å². The summed E-state index contributed by atoms with van der Waals surface area (Å²) in [7, 11) is 0. The summed E-state index contributed by atoms with van der Waals surface area (Å²) in [6.45, 7) is 0.750. The number of rotatable bonds is 1. The Morgan fingerprint density at radius 3 is 0.765 bits per heavy atom. The molecule has 6 nitrogen and oxygen atoms in total. The van der Waals surface area contributed by atoms with E-state index in [2.05, 4.69) is 37.5 Å². The van der Waals surface area contributed by atoms with Crippen molar-refractivity contribution in [3.05, 3.63) is 0 Å². The molecule has 0 radical (unpaired) electrons. The van der Waals surface area contributed by atoms with Crippen LogP contribution in [-0.2, 0) is 23.6 Å². The van der Waals surface area contributed by atoms with Gasteiger partial charge >= 0.3 is 13.4 Å². The van der Waals surface area contributed by atoms with E-state index in [1.807, 2.05) is 13.8 Å². The molecule has 112 valence electrons. The monoisotopic (exact) mass is 352 g/mol. The standard InChI is InChI=1S/C4H10.C2H6.ClH.2H3O3PS/c1-3-4-2;1-2;;2*1-4(2,3)5/h3-4H2,1-2H3;1-2H3;1H;2*(H3,1,2,3,5). The fraction of sp³-hybridized carbons (Fsp3) is 1.00. The molecule has 0 aromatic rings. The third-order valence-electron chi connectivity index (χ3n) is 0.500. The van der Waals surface area contributed by atoms with E-state index in [0.29, 0.717) is 0 Å². The van der Waals surface area contributed by atoms with E-state index >= 15 is 0 Å². The zero-order valence-corrected chi connectivity index (χ0v) is 14.5. The molecule has 0 aliphatic rings. The Morgan fingerprint density at radius 2 is 0.765 bits per heavy atom. The summed E-state index contributed by atoms with van der Waals surface area (Å²) in [5, 5.41) is 0. The molecular weight excluding hydrogens is 330 g/mol. The van der Waals surface area contributed by atoms with Gasteiger partial charge in [0.2, 0.25) is 0 Å². The Labute approximate surface area is 119 Å². The molecule has 0 aliphatic heterocycles. The van der Waals surface area contributed by atoms with Crippen LogP contribution in [0.1, 0.15) is 40.5 Å². The molecule has 0 unspecified atom stereocenters. The molecule has 0 aliphatic carbocycles. The minimum absolute atomic E-state index is 0. The molecule has 0 amide bonds. The van der Waals surface area contributed by atoms with Gasteiger partial charge in [0.05, 0.1) is 0 Å². The highest BCUT2D eigenvalue weighted by Gasteiger charge is 1.92. The van der Waals surface area contributed by atoms with E-state index < -0.39 is 13.4 Å². The molecule has 6 N–H and O–H groups in total. The molecule has 0 saturated carbocycles. The van der Waals surface area contributed by atoms with Crippen molar-refractivity contribution < 1.29 is 29.4 Å². The SMILES string of the molecule is CC.CCCC.Cl.OP(O)(O)=S.OP(O)(O)=S. The first-order chi connectivity index (χ1) is 6.91. The van der Waals surface area contributed by atoms with Crippen molar-refractivity contribution in [1.29, 1.82) is 0 Å². The lowest BCUT2D eigenvalue weighted by molar-refractivity contribution is 0.361. The van der Waals surface area contributed by atoms with Gasteiger partial charge in [-0.3, -0.25) is 0 Å². The first-order valence-corrected chi connectivity index (χ1v) is 9.80. The van der Waals surface area contributed by atoms with Crippen LogP contribution in [0.2, 0.25) is 0 Å². The van der Waals surface area contributed by atoms with Crippen LogP contribution in [0.25, 0.3) is 0 Å². The molecule has 0 heterocycles. The third-order valence-corrected chi connectivity index (χ3v) is 0.500. The van der Waals surface area contributed by atoms with Gasteiger partial charge in [-0.2, -0.15) is 0 Å². The maximum absolute atomic E-state index is 7.56. The Morgan fingerprint density at radius 1 is 0.706 bits per heavy atom. The molecule has 0 atom stereocenters. The summed E-state index contributed by atoms with van der Waals surface area (Å²) in [5.74, 6) is 0. The fourth-order valence-electron chi connectivity index (χ4n) is 0. The van der Waals surface area contributed by atoms with Crippen molar-refractivity contribution in [1.82, 2.24) is 0 Å². The zero-order chi connectivity index (χ0) is 14.4. The highest BCUT2D eigenvalue weighted by Crippen LogP contribution is 2.26. The summed E-state index contributed by atoms with van der Waals surface area (Å²) < 4.78 is 0. The third kappa shape index (κ3) is 740.